The van der Waals surface area contributed by atoms with Crippen LogP contribution in [0.25, 0.3) is 11.0 Å². The Morgan fingerprint density at radius 3 is 1.36 bits per heavy atom. The second kappa shape index (κ2) is 30.8. The Hall–Kier alpha value is -1.16. The minimum absolute atomic E-state index is 0.00241. The second-order valence-corrected chi connectivity index (χ2v) is 34.9. The number of nitro benzene ring substituents is 2. The fourth-order valence-corrected chi connectivity index (χ4v) is 10.1. The van der Waals surface area contributed by atoms with Gasteiger partial charge in [0.05, 0.1) is 15.4 Å². The van der Waals surface area contributed by atoms with Gasteiger partial charge in [-0.15, -0.1) is 0 Å². The van der Waals surface area contributed by atoms with Crippen molar-refractivity contribution in [2.45, 2.75) is 157 Å². The molecular weight excluding hydrogens is 1260 g/mol. The van der Waals surface area contributed by atoms with E-state index in [-0.39, 0.29) is 38.1 Å². The fourth-order valence-electron chi connectivity index (χ4n) is 5.60. The Morgan fingerprint density at radius 1 is 0.658 bits per heavy atom. The van der Waals surface area contributed by atoms with Crippen LogP contribution in [-0.2, 0) is 37.7 Å². The first kappa shape index (κ1) is 73.9. The summed E-state index contributed by atoms with van der Waals surface area (Å²) in [7, 11) is -7.91. The van der Waals surface area contributed by atoms with Gasteiger partial charge in [0.15, 0.2) is 28.2 Å². The van der Waals surface area contributed by atoms with Crippen LogP contribution in [0.1, 0.15) is 109 Å². The van der Waals surface area contributed by atoms with Crippen molar-refractivity contribution in [3.63, 3.8) is 0 Å². The Kier molecular flexibility index (Phi) is 31.2. The molecule has 0 fully saturated rings. The molecular formula is C44H66Br3F4N5Na2O11S2Si2. The number of imidazole rings is 1. The average Bonchev–Trinajstić information content (AvgIpc) is 3.58. The molecule has 0 spiro atoms. The summed E-state index contributed by atoms with van der Waals surface area (Å²) in [6.07, 6.45) is 0. The molecule has 0 radical (unpaired) electrons. The second-order valence-electron chi connectivity index (χ2n) is 20.2. The van der Waals surface area contributed by atoms with Gasteiger partial charge in [0, 0.05) is 32.6 Å². The third kappa shape index (κ3) is 24.2. The number of nitrogens with one attached hydrogen (secondary N) is 1. The van der Waals surface area contributed by atoms with Crippen LogP contribution in [0.15, 0.2) is 49.8 Å². The summed E-state index contributed by atoms with van der Waals surface area (Å²) >= 11 is 12.2. The maximum atomic E-state index is 14.5. The number of aromatic nitrogens is 2. The summed E-state index contributed by atoms with van der Waals surface area (Å²) in [5.41, 5.74) is -0.875. The number of methoxy groups -OCH3 is 1. The van der Waals surface area contributed by atoms with Gasteiger partial charge in [-0.3, -0.25) is 20.2 Å². The Balaban J connectivity index is 0. The summed E-state index contributed by atoms with van der Waals surface area (Å²) < 4.78 is 111. The first-order valence-electron chi connectivity index (χ1n) is 22.5. The first-order chi connectivity index (χ1) is 32.8. The molecule has 73 heavy (non-hydrogen) atoms. The summed E-state index contributed by atoms with van der Waals surface area (Å²) in [6.45, 7) is 38.1. The first-order valence-corrected chi connectivity index (χ1v) is 41.3. The summed E-state index contributed by atoms with van der Waals surface area (Å²) in [5, 5.41) is 23.9. The van der Waals surface area contributed by atoms with Crippen molar-refractivity contribution in [2.75, 3.05) is 12.4 Å². The standard InChI is InChI=1S/C19H30BrFN2OSi.C10H24O2Si.C9H10BrFN2O2.C6H2BrF2NO2.2Na.O4S2/c1-12(2)23-15-11-13(20)10-14(21)16(15)22-17(23)19(6,7)24-25(8,9)18(3,4)5;1-9(2,3)13(7,8)12-10(4,5)11-6;1-5(2)12-8-4-6(10)3-7(11)9(8)13(14)15;7-3-1-4(8)6(10(11)12)5(9)2-3;;;1-5(2)6(3)4/h10-12H,1-9H3;1-8H3;3-5,12H,1-2H3;1-2H;;;. The number of halogens is 7. The Labute approximate surface area is 485 Å². The predicted molar refractivity (Wildman–Crippen MR) is 298 cm³/mol. The topological polar surface area (TPSA) is 212 Å². The zero-order chi connectivity index (χ0) is 58.3. The normalized spacial score (nSPS) is 11.9. The maximum absolute atomic E-state index is 14.5. The van der Waals surface area contributed by atoms with E-state index in [0.717, 1.165) is 29.5 Å². The molecule has 0 saturated carbocycles. The molecule has 0 aliphatic rings. The van der Waals surface area contributed by atoms with E-state index >= 15 is 0 Å². The van der Waals surface area contributed by atoms with E-state index in [4.69, 9.17) is 30.4 Å². The number of nitro groups is 2. The van der Waals surface area contributed by atoms with Gasteiger partial charge in [0.2, 0.25) is 17.5 Å². The molecule has 16 nitrogen and oxygen atoms in total. The Morgan fingerprint density at radius 2 is 1.01 bits per heavy atom. The van der Waals surface area contributed by atoms with Crippen LogP contribution in [0.5, 0.6) is 0 Å². The van der Waals surface area contributed by atoms with E-state index in [1.54, 1.807) is 7.11 Å². The van der Waals surface area contributed by atoms with Crippen LogP contribution in [0, 0.1) is 43.5 Å². The van der Waals surface area contributed by atoms with Crippen LogP contribution in [0.2, 0.25) is 36.3 Å². The molecule has 1 aromatic heterocycles. The van der Waals surface area contributed by atoms with E-state index in [1.807, 2.05) is 47.6 Å². The third-order valence-corrected chi connectivity index (χ3v) is 22.3. The molecule has 404 valence electrons. The zero-order valence-corrected chi connectivity index (χ0v) is 57.8. The molecule has 1 heterocycles. The number of hydrogen-bond donors (Lipinski definition) is 1. The Bertz CT molecular complexity index is 2730. The zero-order valence-electron chi connectivity index (χ0n) is 45.4. The van der Waals surface area contributed by atoms with Crippen molar-refractivity contribution in [3.05, 3.63) is 99.1 Å². The monoisotopic (exact) mass is 1320 g/mol. The van der Waals surface area contributed by atoms with Crippen molar-refractivity contribution < 1.29 is 57.8 Å². The average molecular weight is 1320 g/mol. The van der Waals surface area contributed by atoms with Crippen molar-refractivity contribution in [1.82, 2.24) is 9.55 Å². The molecule has 29 heteroatoms. The van der Waals surface area contributed by atoms with Crippen LogP contribution in [0.4, 0.5) is 34.6 Å². The summed E-state index contributed by atoms with van der Waals surface area (Å²) in [5.74, 6) is -3.22. The SMILES string of the molecule is CC(C)Nc1cc(Br)cc(F)c1[N+](=O)[O-].CC(C)n1c(C(C)(C)O[Si](C)(C)C(C)(C)C)nc2c(F)cc(Br)cc21.COC(C)(C)O[Si](C)(C)C(C)(C)C.O=S(=O)=S(=O)=O.O=[N+]([O-])c1c(F)cc(Br)cc1F.[Na][Na]. The summed E-state index contributed by atoms with van der Waals surface area (Å²) in [6, 6.07) is 7.77. The van der Waals surface area contributed by atoms with E-state index in [1.165, 1.54) is 55.8 Å². The van der Waals surface area contributed by atoms with Gasteiger partial charge in [0.25, 0.3) is 0 Å². The number of fused-ring (bicyclic) bond motifs is 1. The number of ether oxygens (including phenoxy) is 1. The number of nitrogens with zero attached hydrogens (tertiary/aromatic N) is 4. The van der Waals surface area contributed by atoms with Crippen LogP contribution in [0.3, 0.4) is 0 Å². The minimum atomic E-state index is -2.95. The number of benzene rings is 3. The number of hydrogen-bond acceptors (Lipinski definition) is 13. The molecule has 0 bridgehead atoms. The van der Waals surface area contributed by atoms with Crippen molar-refractivity contribution >= 4 is 155 Å². The van der Waals surface area contributed by atoms with Crippen molar-refractivity contribution in [2.24, 2.45) is 0 Å². The van der Waals surface area contributed by atoms with Gasteiger partial charge in [-0.2, -0.15) is 30.0 Å². The van der Waals surface area contributed by atoms with Crippen molar-refractivity contribution in [1.29, 1.82) is 0 Å². The van der Waals surface area contributed by atoms with Gasteiger partial charge < -0.3 is 23.5 Å². The van der Waals surface area contributed by atoms with Crippen LogP contribution < -0.4 is 5.32 Å². The molecule has 4 rings (SSSR count). The van der Waals surface area contributed by atoms with E-state index < -0.39 is 85.2 Å². The molecule has 0 aliphatic heterocycles. The van der Waals surface area contributed by atoms with Gasteiger partial charge >= 0.3 is 73.5 Å². The molecule has 0 atom stereocenters. The molecule has 0 unspecified atom stereocenters. The molecule has 0 saturated heterocycles. The quantitative estimate of drug-likeness (QED) is 0.0487. The van der Waals surface area contributed by atoms with Gasteiger partial charge in [-0.1, -0.05) is 89.3 Å². The predicted octanol–water partition coefficient (Wildman–Crippen LogP) is 14.0. The summed E-state index contributed by atoms with van der Waals surface area (Å²) in [4.78, 5) is 23.6. The molecule has 1 N–H and O–H groups in total. The number of anilines is 1. The molecule has 0 amide bonds. The molecule has 3 aromatic carbocycles. The van der Waals surface area contributed by atoms with Gasteiger partial charge in [0.1, 0.15) is 22.6 Å². The van der Waals surface area contributed by atoms with Crippen molar-refractivity contribution in [3.8, 4) is 0 Å². The van der Waals surface area contributed by atoms with Crippen LogP contribution in [-0.4, -0.2) is 115 Å². The molecule has 4 aromatic rings. The molecule has 0 aliphatic carbocycles. The third-order valence-electron chi connectivity index (χ3n) is 10.8. The van der Waals surface area contributed by atoms with Gasteiger partial charge in [-0.05, 0) is 128 Å². The number of rotatable bonds is 11. The van der Waals surface area contributed by atoms with E-state index in [0.29, 0.717) is 14.5 Å². The van der Waals surface area contributed by atoms with E-state index in [9.17, 15) is 37.8 Å². The van der Waals surface area contributed by atoms with Gasteiger partial charge in [-0.25, -0.2) is 9.37 Å². The van der Waals surface area contributed by atoms with E-state index in [2.05, 4.69) is 144 Å². The fraction of sp³-hybridized carbons (Fsp3) is 0.568. The van der Waals surface area contributed by atoms with Crippen LogP contribution >= 0.6 is 47.8 Å².